The summed E-state index contributed by atoms with van der Waals surface area (Å²) in [6.07, 6.45) is 5.43. The van der Waals surface area contributed by atoms with Gasteiger partial charge in [-0.15, -0.1) is 0 Å². The highest BCUT2D eigenvalue weighted by Crippen LogP contribution is 2.13. The van der Waals surface area contributed by atoms with Crippen LogP contribution in [0.4, 0.5) is 0 Å². The first-order valence-electron chi connectivity index (χ1n) is 5.87. The summed E-state index contributed by atoms with van der Waals surface area (Å²) < 4.78 is 5.20. The lowest BCUT2D eigenvalue weighted by Crippen LogP contribution is -2.45. The first-order valence-corrected chi connectivity index (χ1v) is 5.87. The van der Waals surface area contributed by atoms with Crippen molar-refractivity contribution < 1.29 is 19.4 Å². The highest BCUT2D eigenvalue weighted by Gasteiger charge is 2.26. The van der Waals surface area contributed by atoms with Crippen LogP contribution in [0.25, 0.3) is 0 Å². The molecule has 0 aromatic rings. The maximum atomic E-state index is 11.8. The quantitative estimate of drug-likeness (QED) is 0.703. The molecule has 1 aliphatic rings. The van der Waals surface area contributed by atoms with Gasteiger partial charge in [-0.05, 0) is 26.2 Å². The minimum atomic E-state index is -1.01. The Morgan fingerprint density at radius 1 is 1.59 bits per heavy atom. The molecule has 17 heavy (non-hydrogen) atoms. The summed E-state index contributed by atoms with van der Waals surface area (Å²) in [5.41, 5.74) is 0. The molecule has 0 aromatic heterocycles. The molecule has 0 radical (unpaired) electrons. The van der Waals surface area contributed by atoms with Crippen molar-refractivity contribution in [3.63, 3.8) is 0 Å². The van der Waals surface area contributed by atoms with E-state index in [4.69, 9.17) is 9.84 Å². The molecule has 1 fully saturated rings. The van der Waals surface area contributed by atoms with Crippen molar-refractivity contribution in [2.24, 2.45) is 5.92 Å². The van der Waals surface area contributed by atoms with Crippen molar-refractivity contribution in [3.8, 4) is 0 Å². The Morgan fingerprint density at radius 3 is 2.88 bits per heavy atom. The van der Waals surface area contributed by atoms with Crippen molar-refractivity contribution >= 4 is 11.9 Å². The summed E-state index contributed by atoms with van der Waals surface area (Å²) in [4.78, 5) is 22.7. The van der Waals surface area contributed by atoms with Gasteiger partial charge in [0.25, 0.3) is 0 Å². The third-order valence-electron chi connectivity index (χ3n) is 2.75. The van der Waals surface area contributed by atoms with Crippen LogP contribution in [0.1, 0.15) is 26.2 Å². The van der Waals surface area contributed by atoms with Gasteiger partial charge in [-0.3, -0.25) is 4.79 Å². The van der Waals surface area contributed by atoms with Gasteiger partial charge in [0.2, 0.25) is 5.91 Å². The smallest absolute Gasteiger partial charge is 0.326 e. The van der Waals surface area contributed by atoms with Crippen LogP contribution in [0.3, 0.4) is 0 Å². The molecule has 1 saturated heterocycles. The van der Waals surface area contributed by atoms with Crippen LogP contribution < -0.4 is 5.32 Å². The summed E-state index contributed by atoms with van der Waals surface area (Å²) in [7, 11) is 0. The second kappa shape index (κ2) is 7.06. The molecule has 96 valence electrons. The van der Waals surface area contributed by atoms with Crippen LogP contribution in [0.2, 0.25) is 0 Å². The Balaban J connectivity index is 2.47. The Morgan fingerprint density at radius 2 is 2.35 bits per heavy atom. The maximum Gasteiger partial charge on any atom is 0.326 e. The molecular weight excluding hydrogens is 222 g/mol. The zero-order chi connectivity index (χ0) is 12.7. The molecular formula is C12H19NO4. The summed E-state index contributed by atoms with van der Waals surface area (Å²) in [5, 5.41) is 11.5. The van der Waals surface area contributed by atoms with Gasteiger partial charge in [-0.1, -0.05) is 12.2 Å². The second-order valence-electron chi connectivity index (χ2n) is 4.12. The minimum Gasteiger partial charge on any atom is -0.480 e. The predicted octanol–water partition coefficient (Wildman–Crippen LogP) is 0.949. The summed E-state index contributed by atoms with van der Waals surface area (Å²) in [5.74, 6) is -1.44. The number of hydrogen-bond acceptors (Lipinski definition) is 3. The van der Waals surface area contributed by atoms with Crippen LogP contribution in [0, 0.1) is 5.92 Å². The fraction of sp³-hybridized carbons (Fsp3) is 0.667. The van der Waals surface area contributed by atoms with E-state index < -0.39 is 12.0 Å². The number of carboxylic acid groups (broad SMARTS) is 1. The van der Waals surface area contributed by atoms with Crippen LogP contribution in [0.15, 0.2) is 12.2 Å². The number of carbonyl (C=O) groups is 2. The lowest BCUT2D eigenvalue weighted by molar-refractivity contribution is -0.143. The molecule has 2 N–H and O–H groups in total. The Bertz CT molecular complexity index is 295. The molecule has 2 atom stereocenters. The lowest BCUT2D eigenvalue weighted by atomic mass is 10.0. The fourth-order valence-electron chi connectivity index (χ4n) is 1.73. The van der Waals surface area contributed by atoms with E-state index in [2.05, 4.69) is 5.32 Å². The Kier molecular flexibility index (Phi) is 5.69. The fourth-order valence-corrected chi connectivity index (χ4v) is 1.73. The number of nitrogens with one attached hydrogen (secondary N) is 1. The number of amides is 1. The predicted molar refractivity (Wildman–Crippen MR) is 62.5 cm³/mol. The van der Waals surface area contributed by atoms with E-state index >= 15 is 0 Å². The highest BCUT2D eigenvalue weighted by molar-refractivity contribution is 5.85. The first-order chi connectivity index (χ1) is 8.15. The van der Waals surface area contributed by atoms with Crippen LogP contribution in [-0.2, 0) is 14.3 Å². The third-order valence-corrected chi connectivity index (χ3v) is 2.75. The molecule has 5 nitrogen and oxygen atoms in total. The molecule has 1 rings (SSSR count). The van der Waals surface area contributed by atoms with E-state index in [0.717, 1.165) is 12.8 Å². The molecule has 0 aromatic carbocycles. The van der Waals surface area contributed by atoms with Crippen molar-refractivity contribution in [3.05, 3.63) is 12.2 Å². The van der Waals surface area contributed by atoms with Gasteiger partial charge in [0.1, 0.15) is 6.04 Å². The van der Waals surface area contributed by atoms with Gasteiger partial charge in [0, 0.05) is 6.61 Å². The number of ether oxygens (including phenoxy) is 1. The molecule has 0 bridgehead atoms. The second-order valence-corrected chi connectivity index (χ2v) is 4.12. The van der Waals surface area contributed by atoms with Crippen LogP contribution in [0.5, 0.6) is 0 Å². The van der Waals surface area contributed by atoms with E-state index in [1.165, 1.54) is 0 Å². The molecule has 2 unspecified atom stereocenters. The first kappa shape index (κ1) is 13.7. The third kappa shape index (κ3) is 4.56. The highest BCUT2D eigenvalue weighted by atomic mass is 16.5. The monoisotopic (exact) mass is 241 g/mol. The number of hydrogen-bond donors (Lipinski definition) is 2. The summed E-state index contributed by atoms with van der Waals surface area (Å²) in [6.45, 7) is 2.89. The average Bonchev–Trinajstić information content (AvgIpc) is 2.35. The summed E-state index contributed by atoms with van der Waals surface area (Å²) >= 11 is 0. The van der Waals surface area contributed by atoms with Gasteiger partial charge >= 0.3 is 5.97 Å². The van der Waals surface area contributed by atoms with Gasteiger partial charge in [-0.25, -0.2) is 4.79 Å². The molecule has 0 spiro atoms. The molecule has 1 heterocycles. The number of aliphatic carboxylic acids is 1. The van der Waals surface area contributed by atoms with Gasteiger partial charge in [-0.2, -0.15) is 0 Å². The molecule has 0 aliphatic carbocycles. The number of carbonyl (C=O) groups excluding carboxylic acids is 1. The van der Waals surface area contributed by atoms with E-state index in [1.807, 2.05) is 6.92 Å². The van der Waals surface area contributed by atoms with Crippen molar-refractivity contribution in [1.82, 2.24) is 5.32 Å². The maximum absolute atomic E-state index is 11.8. The molecule has 1 aliphatic heterocycles. The van der Waals surface area contributed by atoms with Crippen LogP contribution in [-0.4, -0.2) is 36.2 Å². The van der Waals surface area contributed by atoms with E-state index in [-0.39, 0.29) is 11.8 Å². The van der Waals surface area contributed by atoms with Gasteiger partial charge < -0.3 is 15.2 Å². The van der Waals surface area contributed by atoms with Crippen molar-refractivity contribution in [1.29, 1.82) is 0 Å². The molecule has 1 amide bonds. The number of rotatable bonds is 5. The zero-order valence-electron chi connectivity index (χ0n) is 10.0. The van der Waals surface area contributed by atoms with Gasteiger partial charge in [0.05, 0.1) is 12.5 Å². The Hall–Kier alpha value is -1.36. The normalized spacial score (nSPS) is 22.3. The Labute approximate surface area is 101 Å². The largest absolute Gasteiger partial charge is 0.480 e. The van der Waals surface area contributed by atoms with Crippen molar-refractivity contribution in [2.75, 3.05) is 13.2 Å². The standard InChI is InChI=1S/C12H19NO4/c1-2-3-6-10(12(15)16)13-11(14)9-5-4-7-17-8-9/h2-3,9-10H,4-8H2,1H3,(H,13,14)(H,15,16)/b3-2+. The topological polar surface area (TPSA) is 75.6 Å². The van der Waals surface area contributed by atoms with Crippen molar-refractivity contribution in [2.45, 2.75) is 32.2 Å². The van der Waals surface area contributed by atoms with E-state index in [1.54, 1.807) is 12.2 Å². The SMILES string of the molecule is C/C=C/CC(NC(=O)C1CCCOC1)C(=O)O. The zero-order valence-corrected chi connectivity index (χ0v) is 10.0. The van der Waals surface area contributed by atoms with E-state index in [9.17, 15) is 9.59 Å². The van der Waals surface area contributed by atoms with E-state index in [0.29, 0.717) is 19.6 Å². The summed E-state index contributed by atoms with van der Waals surface area (Å²) in [6, 6.07) is -0.847. The lowest BCUT2D eigenvalue weighted by Gasteiger charge is -2.23. The minimum absolute atomic E-state index is 0.212. The average molecular weight is 241 g/mol. The number of allylic oxidation sites excluding steroid dienone is 1. The van der Waals surface area contributed by atoms with Gasteiger partial charge in [0.15, 0.2) is 0 Å². The molecule has 0 saturated carbocycles. The van der Waals surface area contributed by atoms with Crippen LogP contribution >= 0.6 is 0 Å². The number of carboxylic acids is 1. The molecule has 5 heteroatoms.